The lowest BCUT2D eigenvalue weighted by atomic mass is 10.1. The molecule has 3 heteroatoms. The van der Waals surface area contributed by atoms with Crippen molar-refractivity contribution in [1.29, 1.82) is 0 Å². The maximum Gasteiger partial charge on any atom is 0.148 e. The highest BCUT2D eigenvalue weighted by Crippen LogP contribution is 2.08. The van der Waals surface area contributed by atoms with Gasteiger partial charge >= 0.3 is 0 Å². The van der Waals surface area contributed by atoms with E-state index in [9.17, 15) is 0 Å². The zero-order valence-electron chi connectivity index (χ0n) is 8.96. The van der Waals surface area contributed by atoms with Crippen LogP contribution in [0.3, 0.4) is 0 Å². The summed E-state index contributed by atoms with van der Waals surface area (Å²) in [5.74, 6) is 1.70. The maximum atomic E-state index is 4.32. The van der Waals surface area contributed by atoms with Crippen molar-refractivity contribution >= 4 is 5.82 Å². The number of hydrogen-bond acceptors (Lipinski definition) is 2. The highest BCUT2D eigenvalue weighted by atomic mass is 15.3. The van der Waals surface area contributed by atoms with Crippen LogP contribution in [0.25, 0.3) is 0 Å². The second-order valence-electron chi connectivity index (χ2n) is 3.69. The molecule has 0 spiro atoms. The van der Waals surface area contributed by atoms with Crippen molar-refractivity contribution in [2.45, 2.75) is 27.2 Å². The van der Waals surface area contributed by atoms with Crippen LogP contribution in [0, 0.1) is 12.8 Å². The molecule has 13 heavy (non-hydrogen) atoms. The fourth-order valence-corrected chi connectivity index (χ4v) is 1.07. The van der Waals surface area contributed by atoms with Gasteiger partial charge in [-0.25, -0.2) is 0 Å². The van der Waals surface area contributed by atoms with Crippen molar-refractivity contribution in [1.82, 2.24) is 9.78 Å². The molecule has 0 saturated carbocycles. The smallest absolute Gasteiger partial charge is 0.148 e. The molecule has 0 aliphatic carbocycles. The van der Waals surface area contributed by atoms with Crippen molar-refractivity contribution in [2.75, 3.05) is 11.9 Å². The average Bonchev–Trinajstić information content (AvgIpc) is 2.42. The molecule has 0 aromatic carbocycles. The first-order valence-electron chi connectivity index (χ1n) is 4.88. The van der Waals surface area contributed by atoms with Crippen LogP contribution in [0.2, 0.25) is 0 Å². The molecule has 1 N–H and O–H groups in total. The summed E-state index contributed by atoms with van der Waals surface area (Å²) >= 11 is 0. The lowest BCUT2D eigenvalue weighted by Crippen LogP contribution is -2.10. The molecule has 74 valence electrons. The van der Waals surface area contributed by atoms with E-state index < -0.39 is 0 Å². The Morgan fingerprint density at radius 1 is 1.62 bits per heavy atom. The van der Waals surface area contributed by atoms with Gasteiger partial charge in [-0.3, -0.25) is 4.68 Å². The van der Waals surface area contributed by atoms with Crippen molar-refractivity contribution in [3.63, 3.8) is 0 Å². The first-order chi connectivity index (χ1) is 6.13. The van der Waals surface area contributed by atoms with Crippen LogP contribution in [0.5, 0.6) is 0 Å². The summed E-state index contributed by atoms with van der Waals surface area (Å²) in [6.07, 6.45) is 1.21. The van der Waals surface area contributed by atoms with Crippen molar-refractivity contribution < 1.29 is 0 Å². The largest absolute Gasteiger partial charge is 0.368 e. The minimum atomic E-state index is 0.710. The fraction of sp³-hybridized carbons (Fsp3) is 0.700. The summed E-state index contributed by atoms with van der Waals surface area (Å²) in [6.45, 7) is 7.51. The Morgan fingerprint density at radius 2 is 2.31 bits per heavy atom. The number of aromatic nitrogens is 2. The van der Waals surface area contributed by atoms with E-state index >= 15 is 0 Å². The van der Waals surface area contributed by atoms with Gasteiger partial charge in [0.25, 0.3) is 0 Å². The molecular weight excluding hydrogens is 162 g/mol. The van der Waals surface area contributed by atoms with Gasteiger partial charge in [0.15, 0.2) is 0 Å². The normalized spacial score (nSPS) is 12.9. The number of aryl methyl sites for hydroxylation is 2. The number of anilines is 1. The van der Waals surface area contributed by atoms with Crippen molar-refractivity contribution in [3.8, 4) is 0 Å². The Morgan fingerprint density at radius 3 is 2.77 bits per heavy atom. The van der Waals surface area contributed by atoms with E-state index in [1.807, 2.05) is 11.7 Å². The predicted molar refractivity (Wildman–Crippen MR) is 55.9 cm³/mol. The van der Waals surface area contributed by atoms with Gasteiger partial charge in [-0.2, -0.15) is 5.10 Å². The summed E-state index contributed by atoms with van der Waals surface area (Å²) in [5.41, 5.74) is 1.19. The molecule has 0 radical (unpaired) electrons. The molecule has 1 atom stereocenters. The van der Waals surface area contributed by atoms with Crippen molar-refractivity contribution in [3.05, 3.63) is 11.8 Å². The molecule has 1 aromatic rings. The van der Waals surface area contributed by atoms with Gasteiger partial charge in [-0.15, -0.1) is 0 Å². The number of nitrogens with one attached hydrogen (secondary N) is 1. The van der Waals surface area contributed by atoms with Gasteiger partial charge in [-0.1, -0.05) is 20.3 Å². The Balaban J connectivity index is 2.45. The lowest BCUT2D eigenvalue weighted by Gasteiger charge is -2.08. The third-order valence-corrected chi connectivity index (χ3v) is 2.44. The van der Waals surface area contributed by atoms with Gasteiger partial charge < -0.3 is 5.32 Å². The third-order valence-electron chi connectivity index (χ3n) is 2.44. The Kier molecular flexibility index (Phi) is 3.34. The van der Waals surface area contributed by atoms with E-state index in [1.165, 1.54) is 12.1 Å². The van der Waals surface area contributed by atoms with Crippen LogP contribution in [-0.2, 0) is 7.05 Å². The molecule has 0 saturated heterocycles. The highest BCUT2D eigenvalue weighted by molar-refractivity contribution is 5.35. The van der Waals surface area contributed by atoms with Crippen LogP contribution >= 0.6 is 0 Å². The van der Waals surface area contributed by atoms with Gasteiger partial charge in [0.05, 0.1) is 0 Å². The number of rotatable bonds is 4. The SMILES string of the molecule is CCC(C)CNc1cc(C)n(C)n1. The molecule has 0 aliphatic rings. The third kappa shape index (κ3) is 2.76. The first-order valence-corrected chi connectivity index (χ1v) is 4.88. The van der Waals surface area contributed by atoms with Gasteiger partial charge in [0.1, 0.15) is 5.82 Å². The second-order valence-corrected chi connectivity index (χ2v) is 3.69. The average molecular weight is 181 g/mol. The quantitative estimate of drug-likeness (QED) is 0.771. The zero-order chi connectivity index (χ0) is 9.84. The van der Waals surface area contributed by atoms with Crippen LogP contribution in [-0.4, -0.2) is 16.3 Å². The minimum absolute atomic E-state index is 0.710. The molecule has 1 rings (SSSR count). The second kappa shape index (κ2) is 4.30. The minimum Gasteiger partial charge on any atom is -0.368 e. The summed E-state index contributed by atoms with van der Waals surface area (Å²) in [4.78, 5) is 0. The van der Waals surface area contributed by atoms with E-state index in [0.717, 1.165) is 12.4 Å². The topological polar surface area (TPSA) is 29.9 Å². The Labute approximate surface area is 80.1 Å². The van der Waals surface area contributed by atoms with E-state index in [0.29, 0.717) is 5.92 Å². The van der Waals surface area contributed by atoms with E-state index in [4.69, 9.17) is 0 Å². The fourth-order valence-electron chi connectivity index (χ4n) is 1.07. The van der Waals surface area contributed by atoms with Gasteiger partial charge in [0, 0.05) is 25.4 Å². The monoisotopic (exact) mass is 181 g/mol. The Hall–Kier alpha value is -0.990. The molecule has 1 unspecified atom stereocenters. The maximum absolute atomic E-state index is 4.32. The van der Waals surface area contributed by atoms with E-state index in [-0.39, 0.29) is 0 Å². The number of hydrogen-bond donors (Lipinski definition) is 1. The first kappa shape index (κ1) is 10.1. The molecule has 1 aromatic heterocycles. The molecular formula is C10H19N3. The molecule has 0 bridgehead atoms. The standard InChI is InChI=1S/C10H19N3/c1-5-8(2)7-11-10-6-9(3)13(4)12-10/h6,8H,5,7H2,1-4H3,(H,11,12). The molecule has 0 amide bonds. The van der Waals surface area contributed by atoms with E-state index in [2.05, 4.69) is 37.3 Å². The summed E-state index contributed by atoms with van der Waals surface area (Å²) < 4.78 is 1.89. The van der Waals surface area contributed by atoms with Crippen LogP contribution < -0.4 is 5.32 Å². The molecule has 0 aliphatic heterocycles. The molecule has 0 fully saturated rings. The summed E-state index contributed by atoms with van der Waals surface area (Å²) in [6, 6.07) is 2.07. The zero-order valence-corrected chi connectivity index (χ0v) is 8.96. The van der Waals surface area contributed by atoms with Crippen molar-refractivity contribution in [2.24, 2.45) is 13.0 Å². The summed E-state index contributed by atoms with van der Waals surface area (Å²) in [5, 5.41) is 7.65. The van der Waals surface area contributed by atoms with Gasteiger partial charge in [0.2, 0.25) is 0 Å². The molecule has 3 nitrogen and oxygen atoms in total. The van der Waals surface area contributed by atoms with Crippen LogP contribution in [0.4, 0.5) is 5.82 Å². The number of nitrogens with zero attached hydrogens (tertiary/aromatic N) is 2. The van der Waals surface area contributed by atoms with Crippen LogP contribution in [0.1, 0.15) is 26.0 Å². The van der Waals surface area contributed by atoms with Crippen LogP contribution in [0.15, 0.2) is 6.07 Å². The Bertz CT molecular complexity index is 246. The summed E-state index contributed by atoms with van der Waals surface area (Å²) in [7, 11) is 1.96. The highest BCUT2D eigenvalue weighted by Gasteiger charge is 2.02. The molecule has 1 heterocycles. The lowest BCUT2D eigenvalue weighted by molar-refractivity contribution is 0.591. The van der Waals surface area contributed by atoms with E-state index in [1.54, 1.807) is 0 Å². The van der Waals surface area contributed by atoms with Gasteiger partial charge in [-0.05, 0) is 12.8 Å². The predicted octanol–water partition coefficient (Wildman–Crippen LogP) is 2.19.